The molecule has 5 aromatic rings. The molecule has 0 bridgehead atoms. The van der Waals surface area contributed by atoms with E-state index >= 15 is 0 Å². The van der Waals surface area contributed by atoms with Gasteiger partial charge in [-0.1, -0.05) is 46.9 Å². The van der Waals surface area contributed by atoms with E-state index in [1.165, 1.54) is 23.2 Å². The van der Waals surface area contributed by atoms with Crippen LogP contribution in [0.3, 0.4) is 0 Å². The van der Waals surface area contributed by atoms with E-state index in [1.807, 2.05) is 6.07 Å². The number of aromatic amines is 1. The highest BCUT2D eigenvalue weighted by molar-refractivity contribution is 6.42. The van der Waals surface area contributed by atoms with E-state index < -0.39 is 11.9 Å². The Bertz CT molecular complexity index is 1820. The van der Waals surface area contributed by atoms with E-state index in [2.05, 4.69) is 37.1 Å². The molecule has 9 nitrogen and oxygen atoms in total. The van der Waals surface area contributed by atoms with Gasteiger partial charge in [-0.25, -0.2) is 4.39 Å². The maximum Gasteiger partial charge on any atom is 0.253 e. The van der Waals surface area contributed by atoms with E-state index in [-0.39, 0.29) is 37.9 Å². The van der Waals surface area contributed by atoms with Gasteiger partial charge in [-0.3, -0.25) is 9.78 Å². The summed E-state index contributed by atoms with van der Waals surface area (Å²) in [5.41, 5.74) is 3.15. The van der Waals surface area contributed by atoms with E-state index in [4.69, 9.17) is 34.8 Å². The van der Waals surface area contributed by atoms with Gasteiger partial charge < -0.3 is 15.5 Å². The minimum atomic E-state index is -0.772. The molecule has 2 heterocycles. The molecule has 0 saturated carbocycles. The Balaban J connectivity index is 1.62. The van der Waals surface area contributed by atoms with Gasteiger partial charge in [0.2, 0.25) is 0 Å². The Kier molecular flexibility index (Phi) is 7.94. The van der Waals surface area contributed by atoms with Crippen LogP contribution in [0.5, 0.6) is 0 Å². The molecule has 206 valence electrons. The van der Waals surface area contributed by atoms with Crippen molar-refractivity contribution in [2.75, 3.05) is 24.7 Å². The quantitative estimate of drug-likeness (QED) is 0.170. The predicted octanol–water partition coefficient (Wildman–Crippen LogP) is 6.97. The summed E-state index contributed by atoms with van der Waals surface area (Å²) in [6, 6.07) is 14.9. The minimum Gasteiger partial charge on any atom is -0.373 e. The zero-order chi connectivity index (χ0) is 29.3. The second-order valence-electron chi connectivity index (χ2n) is 9.16. The number of fused-ring (bicyclic) bond motifs is 1. The Labute approximate surface area is 248 Å². The van der Waals surface area contributed by atoms with E-state index in [0.29, 0.717) is 27.8 Å². The first-order valence-electron chi connectivity index (χ1n) is 12.0. The SMILES string of the molecule is CN(C)C(=O)c1cccc([C@H](Nc2cc(Cl)c3ncc(C#N)c(Nc4ccc(Cl)c(Cl)c4F)c3c2)c2cn[nH]n2)c1. The molecule has 3 aromatic carbocycles. The van der Waals surface area contributed by atoms with E-state index in [9.17, 15) is 14.4 Å². The highest BCUT2D eigenvalue weighted by atomic mass is 35.5. The number of pyridine rings is 1. The standard InChI is InChI=1S/C28H20Cl3FN8O/c1-40(2)28(41)15-5-3-4-14(8-15)26(22-13-35-39-38-22)36-17-9-18-25(16(11-33)12-34-27(18)20(30)10-17)37-21-7-6-19(29)23(31)24(21)32/h3-10,12-13,26,36H,1-2H3,(H,34,37)(H,35,38,39)/t26-/m0/s1. The molecule has 5 rings (SSSR count). The number of carbonyl (C=O) groups is 1. The molecule has 13 heteroatoms. The van der Waals surface area contributed by atoms with Crippen molar-refractivity contribution in [2.24, 2.45) is 0 Å². The van der Waals surface area contributed by atoms with Crippen LogP contribution in [0, 0.1) is 17.1 Å². The lowest BCUT2D eigenvalue weighted by atomic mass is 10.0. The number of aromatic nitrogens is 4. The van der Waals surface area contributed by atoms with Crippen LogP contribution in [0.1, 0.15) is 33.2 Å². The molecule has 0 unspecified atom stereocenters. The highest BCUT2D eigenvalue weighted by Crippen LogP contribution is 2.38. The van der Waals surface area contributed by atoms with Gasteiger partial charge in [0.15, 0.2) is 5.82 Å². The smallest absolute Gasteiger partial charge is 0.253 e. The van der Waals surface area contributed by atoms with Crippen LogP contribution >= 0.6 is 34.8 Å². The molecule has 0 radical (unpaired) electrons. The highest BCUT2D eigenvalue weighted by Gasteiger charge is 2.21. The molecule has 1 amide bonds. The lowest BCUT2D eigenvalue weighted by Crippen LogP contribution is -2.22. The van der Waals surface area contributed by atoms with Crippen molar-refractivity contribution in [3.63, 3.8) is 0 Å². The van der Waals surface area contributed by atoms with Crippen molar-refractivity contribution in [1.29, 1.82) is 5.26 Å². The number of anilines is 3. The molecule has 0 fully saturated rings. The number of nitrogens with zero attached hydrogens (tertiary/aromatic N) is 5. The van der Waals surface area contributed by atoms with Crippen molar-refractivity contribution in [3.8, 4) is 6.07 Å². The summed E-state index contributed by atoms with van der Waals surface area (Å²) in [7, 11) is 3.36. The number of amides is 1. The van der Waals surface area contributed by atoms with Crippen molar-refractivity contribution < 1.29 is 9.18 Å². The van der Waals surface area contributed by atoms with Gasteiger partial charge in [-0.15, -0.1) is 0 Å². The summed E-state index contributed by atoms with van der Waals surface area (Å²) in [4.78, 5) is 18.5. The van der Waals surface area contributed by atoms with Crippen molar-refractivity contribution in [1.82, 2.24) is 25.3 Å². The third kappa shape index (κ3) is 5.60. The number of nitrogens with one attached hydrogen (secondary N) is 3. The number of nitriles is 1. The summed E-state index contributed by atoms with van der Waals surface area (Å²) in [5, 5.41) is 27.5. The zero-order valence-corrected chi connectivity index (χ0v) is 23.8. The molecule has 1 atom stereocenters. The Morgan fingerprint density at radius 2 is 1.90 bits per heavy atom. The fourth-order valence-corrected chi connectivity index (χ4v) is 4.85. The lowest BCUT2D eigenvalue weighted by molar-refractivity contribution is 0.0827. The van der Waals surface area contributed by atoms with Crippen molar-refractivity contribution >= 4 is 68.7 Å². The van der Waals surface area contributed by atoms with Gasteiger partial charge in [-0.2, -0.15) is 20.7 Å². The molecule has 0 aliphatic heterocycles. The molecule has 0 saturated heterocycles. The first-order valence-corrected chi connectivity index (χ1v) is 13.2. The van der Waals surface area contributed by atoms with Crippen LogP contribution < -0.4 is 10.6 Å². The van der Waals surface area contributed by atoms with Crippen molar-refractivity contribution in [3.05, 3.63) is 104 Å². The van der Waals surface area contributed by atoms with Gasteiger partial charge in [0.25, 0.3) is 5.91 Å². The largest absolute Gasteiger partial charge is 0.373 e. The first-order chi connectivity index (χ1) is 19.7. The number of hydrogen-bond donors (Lipinski definition) is 3. The third-order valence-electron chi connectivity index (χ3n) is 6.25. The normalized spacial score (nSPS) is 11.6. The van der Waals surface area contributed by atoms with Crippen LogP contribution in [0.4, 0.5) is 21.5 Å². The van der Waals surface area contributed by atoms with Crippen LogP contribution in [0.25, 0.3) is 10.9 Å². The van der Waals surface area contributed by atoms with Crippen molar-refractivity contribution in [2.45, 2.75) is 6.04 Å². The maximum absolute atomic E-state index is 14.9. The Morgan fingerprint density at radius 1 is 1.10 bits per heavy atom. The minimum absolute atomic E-state index is 0.0146. The summed E-state index contributed by atoms with van der Waals surface area (Å²) < 4.78 is 14.9. The van der Waals surface area contributed by atoms with E-state index in [0.717, 1.165) is 5.56 Å². The van der Waals surface area contributed by atoms with Gasteiger partial charge >= 0.3 is 0 Å². The molecule has 0 aliphatic rings. The molecule has 2 aromatic heterocycles. The molecule has 0 aliphatic carbocycles. The monoisotopic (exact) mass is 608 g/mol. The van der Waals surface area contributed by atoms with Crippen LogP contribution in [0.2, 0.25) is 15.1 Å². The number of H-pyrrole nitrogens is 1. The molecule has 41 heavy (non-hydrogen) atoms. The van der Waals surface area contributed by atoms with E-state index in [1.54, 1.807) is 50.6 Å². The van der Waals surface area contributed by atoms with Gasteiger partial charge in [0.1, 0.15) is 11.8 Å². The fourth-order valence-electron chi connectivity index (χ4n) is 4.27. The summed E-state index contributed by atoms with van der Waals surface area (Å²) in [6.45, 7) is 0. The summed E-state index contributed by atoms with van der Waals surface area (Å²) in [5.74, 6) is -0.925. The van der Waals surface area contributed by atoms with Gasteiger partial charge in [0.05, 0.1) is 49.8 Å². The number of benzene rings is 3. The average molecular weight is 610 g/mol. The fraction of sp³-hybridized carbons (Fsp3) is 0.107. The van der Waals surface area contributed by atoms with Crippen LogP contribution in [-0.2, 0) is 0 Å². The molecular weight excluding hydrogens is 590 g/mol. The molecule has 0 spiro atoms. The predicted molar refractivity (Wildman–Crippen MR) is 157 cm³/mol. The topological polar surface area (TPSA) is 123 Å². The second kappa shape index (κ2) is 11.6. The van der Waals surface area contributed by atoms with Gasteiger partial charge in [-0.05, 0) is 42.0 Å². The number of rotatable bonds is 7. The first kappa shape index (κ1) is 28.1. The zero-order valence-electron chi connectivity index (χ0n) is 21.5. The second-order valence-corrected chi connectivity index (χ2v) is 10.4. The molecular formula is C28H20Cl3FN8O. The third-order valence-corrected chi connectivity index (χ3v) is 7.32. The number of halogens is 4. The summed E-state index contributed by atoms with van der Waals surface area (Å²) >= 11 is 18.6. The average Bonchev–Trinajstić information content (AvgIpc) is 3.50. The van der Waals surface area contributed by atoms with Crippen LogP contribution in [-0.4, -0.2) is 45.3 Å². The van der Waals surface area contributed by atoms with Crippen LogP contribution in [0.15, 0.2) is 60.9 Å². The summed E-state index contributed by atoms with van der Waals surface area (Å²) in [6.07, 6.45) is 2.92. The number of hydrogen-bond acceptors (Lipinski definition) is 7. The maximum atomic E-state index is 14.9. The Morgan fingerprint density at radius 3 is 2.61 bits per heavy atom. The van der Waals surface area contributed by atoms with Gasteiger partial charge in [0, 0.05) is 36.9 Å². The lowest BCUT2D eigenvalue weighted by Gasteiger charge is -2.21. The number of carbonyl (C=O) groups excluding carboxylic acids is 1. The molecule has 3 N–H and O–H groups in total. The Hall–Kier alpha value is -4.43.